The number of benzene rings is 1. The molecule has 0 aliphatic rings. The second kappa shape index (κ2) is 4.60. The molecule has 0 spiro atoms. The fourth-order valence-electron chi connectivity index (χ4n) is 1.06. The monoisotopic (exact) mass is 458 g/mol. The minimum atomic E-state index is -9.83. The summed E-state index contributed by atoms with van der Waals surface area (Å²) in [5.74, 6) is -2.47. The van der Waals surface area contributed by atoms with Gasteiger partial charge < -0.3 is 0 Å². The Bertz CT molecular complexity index is 550. The Labute approximate surface area is 121 Å². The van der Waals surface area contributed by atoms with Gasteiger partial charge in [-0.15, -0.1) is 0 Å². The number of rotatable bonds is 3. The van der Waals surface area contributed by atoms with Crippen LogP contribution in [0.2, 0.25) is 0 Å². The molecule has 0 saturated carbocycles. The Balaban J connectivity index is 2.97. The zero-order chi connectivity index (χ0) is 16.8. The van der Waals surface area contributed by atoms with Crippen LogP contribution in [0.3, 0.4) is 0 Å². The molecule has 0 aliphatic heterocycles. The standard InChI is InChI=1S/C9H7F8IO2S/c1-18(20-8(19)9(10,11)12)6-2-4-7(5-3-6)21(13,14,15,16)17/h2-5H,1H3. The van der Waals surface area contributed by atoms with Gasteiger partial charge in [-0.3, -0.25) is 0 Å². The summed E-state index contributed by atoms with van der Waals surface area (Å²) in [6.45, 7) is 0. The molecule has 0 N–H and O–H groups in total. The molecule has 1 rings (SSSR count). The molecule has 0 heterocycles. The summed E-state index contributed by atoms with van der Waals surface area (Å²) in [6.07, 6.45) is -5.23. The fourth-order valence-corrected chi connectivity index (χ4v) is 4.19. The number of hydrogen-bond acceptors (Lipinski definition) is 2. The predicted octanol–water partition coefficient (Wildman–Crippen LogP) is 5.67. The van der Waals surface area contributed by atoms with Crippen LogP contribution in [0, 0.1) is 3.57 Å². The molecule has 0 atom stereocenters. The van der Waals surface area contributed by atoms with Crippen molar-refractivity contribution in [2.45, 2.75) is 11.1 Å². The van der Waals surface area contributed by atoms with Gasteiger partial charge in [0.15, 0.2) is 0 Å². The quantitative estimate of drug-likeness (QED) is 0.332. The van der Waals surface area contributed by atoms with Crippen molar-refractivity contribution in [3.63, 3.8) is 0 Å². The van der Waals surface area contributed by atoms with Crippen molar-refractivity contribution in [1.29, 1.82) is 0 Å². The maximum atomic E-state index is 12.4. The summed E-state index contributed by atoms with van der Waals surface area (Å²) >= 11 is -3.19. The maximum absolute atomic E-state index is 12.4. The van der Waals surface area contributed by atoms with Crippen molar-refractivity contribution in [1.82, 2.24) is 0 Å². The van der Waals surface area contributed by atoms with Gasteiger partial charge in [-0.2, -0.15) is 0 Å². The summed E-state index contributed by atoms with van der Waals surface area (Å²) < 4.78 is 102. The Morgan fingerprint density at radius 3 is 1.81 bits per heavy atom. The van der Waals surface area contributed by atoms with E-state index < -0.39 is 47.5 Å². The number of carbonyl (C=O) groups is 1. The van der Waals surface area contributed by atoms with E-state index in [1.807, 2.05) is 0 Å². The second-order valence-electron chi connectivity index (χ2n) is 3.71. The van der Waals surface area contributed by atoms with Crippen molar-refractivity contribution >= 4 is 36.4 Å². The first kappa shape index (κ1) is 18.3. The van der Waals surface area contributed by atoms with Crippen molar-refractivity contribution in [3.05, 3.63) is 27.8 Å². The van der Waals surface area contributed by atoms with E-state index >= 15 is 0 Å². The van der Waals surface area contributed by atoms with Crippen LogP contribution in [-0.2, 0) is 7.86 Å². The van der Waals surface area contributed by atoms with Gasteiger partial charge in [0.25, 0.3) is 0 Å². The molecule has 0 amide bonds. The molecule has 0 aliphatic carbocycles. The van der Waals surface area contributed by atoms with Gasteiger partial charge >= 0.3 is 121 Å². The number of carbonyl (C=O) groups excluding carboxylic acids is 1. The zero-order valence-corrected chi connectivity index (χ0v) is 12.9. The zero-order valence-electron chi connectivity index (χ0n) is 9.94. The fraction of sp³-hybridized carbons (Fsp3) is 0.222. The van der Waals surface area contributed by atoms with E-state index in [4.69, 9.17) is 0 Å². The van der Waals surface area contributed by atoms with Crippen LogP contribution in [0.15, 0.2) is 29.2 Å². The first-order valence-corrected chi connectivity index (χ1v) is 10.8. The molecular formula is C9H7F8IO2S. The SMILES string of the molecule is CI(OC(=O)C(F)(F)F)c1ccc(S(F)(F)(F)(F)F)cc1. The van der Waals surface area contributed by atoms with Crippen LogP contribution in [0.4, 0.5) is 32.6 Å². The number of hydrogen-bond donors (Lipinski definition) is 0. The molecule has 1 aromatic carbocycles. The molecule has 124 valence electrons. The third-order valence-corrected chi connectivity index (χ3v) is 6.68. The average molecular weight is 458 g/mol. The van der Waals surface area contributed by atoms with Crippen molar-refractivity contribution in [2.24, 2.45) is 0 Å². The minimum absolute atomic E-state index is 0.0618. The van der Waals surface area contributed by atoms with E-state index in [1.165, 1.54) is 0 Å². The topological polar surface area (TPSA) is 26.3 Å². The van der Waals surface area contributed by atoms with Gasteiger partial charge in [0.05, 0.1) is 0 Å². The van der Waals surface area contributed by atoms with E-state index in [2.05, 4.69) is 3.07 Å². The van der Waals surface area contributed by atoms with Crippen LogP contribution in [-0.4, -0.2) is 17.1 Å². The molecule has 0 radical (unpaired) electrons. The predicted molar refractivity (Wildman–Crippen MR) is 68.6 cm³/mol. The van der Waals surface area contributed by atoms with Crippen LogP contribution < -0.4 is 0 Å². The molecule has 0 unspecified atom stereocenters. The third kappa shape index (κ3) is 5.16. The van der Waals surface area contributed by atoms with Gasteiger partial charge in [-0.25, -0.2) is 0 Å². The summed E-state index contributed by atoms with van der Waals surface area (Å²) in [5, 5.41) is 0. The molecule has 0 fully saturated rings. The molecular weight excluding hydrogens is 451 g/mol. The second-order valence-corrected chi connectivity index (χ2v) is 10.2. The van der Waals surface area contributed by atoms with Crippen LogP contribution in [0.1, 0.15) is 0 Å². The van der Waals surface area contributed by atoms with Crippen LogP contribution >= 0.6 is 30.5 Å². The van der Waals surface area contributed by atoms with Gasteiger partial charge in [-0.1, -0.05) is 0 Å². The number of halogens is 9. The number of alkyl halides is 4. The van der Waals surface area contributed by atoms with Gasteiger partial charge in [-0.05, 0) is 0 Å². The molecule has 0 saturated heterocycles. The Morgan fingerprint density at radius 1 is 1.05 bits per heavy atom. The summed E-state index contributed by atoms with van der Waals surface area (Å²) in [5.41, 5.74) is 0. The molecule has 0 bridgehead atoms. The molecule has 0 aromatic heterocycles. The third-order valence-electron chi connectivity index (χ3n) is 1.98. The first-order chi connectivity index (χ1) is 9.00. The van der Waals surface area contributed by atoms with E-state index in [9.17, 15) is 37.4 Å². The Kier molecular flexibility index (Phi) is 4.00. The van der Waals surface area contributed by atoms with E-state index in [0.29, 0.717) is 12.1 Å². The molecule has 1 aromatic rings. The van der Waals surface area contributed by atoms with Crippen molar-refractivity contribution in [3.8, 4) is 0 Å². The molecule has 21 heavy (non-hydrogen) atoms. The molecule has 12 heteroatoms. The van der Waals surface area contributed by atoms with Crippen LogP contribution in [0.5, 0.6) is 0 Å². The summed E-state index contributed by atoms with van der Waals surface area (Å²) in [4.78, 5) is 9.53. The Morgan fingerprint density at radius 2 is 1.48 bits per heavy atom. The van der Waals surface area contributed by atoms with E-state index in [-0.39, 0.29) is 15.7 Å². The Hall–Kier alpha value is -0.790. The van der Waals surface area contributed by atoms with Crippen molar-refractivity contribution < 1.29 is 40.5 Å². The normalized spacial score (nSPS) is 16.7. The summed E-state index contributed by atoms with van der Waals surface area (Å²) in [7, 11) is -9.83. The van der Waals surface area contributed by atoms with Gasteiger partial charge in [0.2, 0.25) is 0 Å². The van der Waals surface area contributed by atoms with E-state index in [1.54, 1.807) is 0 Å². The van der Waals surface area contributed by atoms with Crippen LogP contribution in [0.25, 0.3) is 0 Å². The first-order valence-electron chi connectivity index (χ1n) is 4.74. The van der Waals surface area contributed by atoms with Gasteiger partial charge in [0.1, 0.15) is 0 Å². The van der Waals surface area contributed by atoms with E-state index in [0.717, 1.165) is 4.93 Å². The molecule has 2 nitrogen and oxygen atoms in total. The summed E-state index contributed by atoms with van der Waals surface area (Å²) in [6, 6.07) is 1.29. The van der Waals surface area contributed by atoms with Crippen molar-refractivity contribution in [2.75, 3.05) is 4.93 Å². The van der Waals surface area contributed by atoms with Gasteiger partial charge in [0, 0.05) is 0 Å². The average Bonchev–Trinajstić information content (AvgIpc) is 2.24.